The van der Waals surface area contributed by atoms with Crippen molar-refractivity contribution in [3.8, 4) is 5.75 Å². The minimum atomic E-state index is -0.486. The van der Waals surface area contributed by atoms with Crippen molar-refractivity contribution in [3.05, 3.63) is 29.8 Å². The molecule has 0 spiro atoms. The molecule has 1 N–H and O–H groups in total. The summed E-state index contributed by atoms with van der Waals surface area (Å²) in [6.45, 7) is 2.10. The molecule has 98 valence electrons. The third-order valence-electron chi connectivity index (χ3n) is 4.02. The number of rotatable bonds is 2. The Morgan fingerprint density at radius 2 is 2.11 bits per heavy atom. The van der Waals surface area contributed by atoms with E-state index in [0.29, 0.717) is 12.6 Å². The van der Waals surface area contributed by atoms with E-state index < -0.39 is 6.10 Å². The average Bonchev–Trinajstić information content (AvgIpc) is 2.93. The molecule has 3 atom stereocenters. The summed E-state index contributed by atoms with van der Waals surface area (Å²) in [5, 5.41) is 10.5. The molecule has 2 aliphatic heterocycles. The molecule has 2 aliphatic rings. The van der Waals surface area contributed by atoms with Gasteiger partial charge in [0, 0.05) is 18.2 Å². The summed E-state index contributed by atoms with van der Waals surface area (Å²) < 4.78 is 11.2. The van der Waals surface area contributed by atoms with Crippen molar-refractivity contribution >= 4 is 0 Å². The van der Waals surface area contributed by atoms with Crippen molar-refractivity contribution in [1.82, 2.24) is 4.90 Å². The number of ether oxygens (including phenoxy) is 2. The first kappa shape index (κ1) is 12.0. The fraction of sp³-hybridized carbons (Fsp3) is 0.571. The molecule has 0 aliphatic carbocycles. The lowest BCUT2D eigenvalue weighted by molar-refractivity contribution is -0.00482. The van der Waals surface area contributed by atoms with Crippen molar-refractivity contribution in [2.75, 3.05) is 26.9 Å². The monoisotopic (exact) mass is 249 g/mol. The molecular weight excluding hydrogens is 230 g/mol. The Morgan fingerprint density at radius 1 is 1.28 bits per heavy atom. The molecule has 3 unspecified atom stereocenters. The molecule has 3 rings (SSSR count). The largest absolute Gasteiger partial charge is 0.491 e. The van der Waals surface area contributed by atoms with Crippen molar-refractivity contribution < 1.29 is 14.6 Å². The average molecular weight is 249 g/mol. The highest BCUT2D eigenvalue weighted by molar-refractivity contribution is 5.37. The zero-order chi connectivity index (χ0) is 12.5. The maximum atomic E-state index is 10.5. The highest BCUT2D eigenvalue weighted by Gasteiger charge is 2.35. The van der Waals surface area contributed by atoms with Crippen LogP contribution in [0.2, 0.25) is 0 Å². The SMILES string of the molecule is CN(C1CCOC1)C1COc2ccccc2C1O. The smallest absolute Gasteiger partial charge is 0.125 e. The minimum Gasteiger partial charge on any atom is -0.491 e. The maximum absolute atomic E-state index is 10.5. The van der Waals surface area contributed by atoms with Gasteiger partial charge < -0.3 is 14.6 Å². The first-order valence-corrected chi connectivity index (χ1v) is 6.47. The van der Waals surface area contributed by atoms with Crippen molar-refractivity contribution in [2.24, 2.45) is 0 Å². The Labute approximate surface area is 107 Å². The molecule has 0 bridgehead atoms. The van der Waals surface area contributed by atoms with Crippen molar-refractivity contribution in [2.45, 2.75) is 24.6 Å². The van der Waals surface area contributed by atoms with Crippen molar-refractivity contribution in [1.29, 1.82) is 0 Å². The molecule has 1 aromatic rings. The van der Waals surface area contributed by atoms with Gasteiger partial charge in [-0.1, -0.05) is 18.2 Å². The van der Waals surface area contributed by atoms with E-state index in [2.05, 4.69) is 4.90 Å². The molecule has 1 saturated heterocycles. The molecule has 1 fully saturated rings. The van der Waals surface area contributed by atoms with Gasteiger partial charge in [-0.3, -0.25) is 4.90 Å². The van der Waals surface area contributed by atoms with Crippen LogP contribution in [0.4, 0.5) is 0 Å². The number of hydrogen-bond acceptors (Lipinski definition) is 4. The van der Waals surface area contributed by atoms with Crippen LogP contribution < -0.4 is 4.74 Å². The van der Waals surface area contributed by atoms with Gasteiger partial charge in [0.05, 0.1) is 12.6 Å². The first-order valence-electron chi connectivity index (χ1n) is 6.47. The van der Waals surface area contributed by atoms with E-state index in [9.17, 15) is 5.11 Å². The molecule has 18 heavy (non-hydrogen) atoms. The molecule has 2 heterocycles. The van der Waals surface area contributed by atoms with Crippen LogP contribution in [0.3, 0.4) is 0 Å². The summed E-state index contributed by atoms with van der Waals surface area (Å²) in [6, 6.07) is 8.11. The van der Waals surface area contributed by atoms with Gasteiger partial charge in [-0.2, -0.15) is 0 Å². The van der Waals surface area contributed by atoms with Crippen LogP contribution in [0.15, 0.2) is 24.3 Å². The Bertz CT molecular complexity index is 417. The number of fused-ring (bicyclic) bond motifs is 1. The van der Waals surface area contributed by atoms with Gasteiger partial charge in [0.25, 0.3) is 0 Å². The van der Waals surface area contributed by atoms with Crippen LogP contribution >= 0.6 is 0 Å². The lowest BCUT2D eigenvalue weighted by atomic mass is 9.97. The normalized spacial score (nSPS) is 31.2. The fourth-order valence-corrected chi connectivity index (χ4v) is 2.78. The third-order valence-corrected chi connectivity index (χ3v) is 4.02. The zero-order valence-corrected chi connectivity index (χ0v) is 10.6. The number of hydrogen-bond donors (Lipinski definition) is 1. The van der Waals surface area contributed by atoms with Gasteiger partial charge in [-0.15, -0.1) is 0 Å². The van der Waals surface area contributed by atoms with Gasteiger partial charge in [-0.25, -0.2) is 0 Å². The van der Waals surface area contributed by atoms with Crippen LogP contribution in [0.1, 0.15) is 18.1 Å². The third kappa shape index (κ3) is 2.00. The maximum Gasteiger partial charge on any atom is 0.125 e. The second-order valence-corrected chi connectivity index (χ2v) is 5.04. The van der Waals surface area contributed by atoms with Gasteiger partial charge in [0.15, 0.2) is 0 Å². The second kappa shape index (κ2) is 4.88. The Kier molecular flexibility index (Phi) is 3.24. The summed E-state index contributed by atoms with van der Waals surface area (Å²) in [4.78, 5) is 2.20. The summed E-state index contributed by atoms with van der Waals surface area (Å²) >= 11 is 0. The summed E-state index contributed by atoms with van der Waals surface area (Å²) in [6.07, 6.45) is 0.544. The first-order chi connectivity index (χ1) is 8.77. The van der Waals surface area contributed by atoms with E-state index in [4.69, 9.17) is 9.47 Å². The van der Waals surface area contributed by atoms with E-state index in [0.717, 1.165) is 30.9 Å². The number of likely N-dealkylation sites (N-methyl/N-ethyl adjacent to an activating group) is 1. The van der Waals surface area contributed by atoms with Crippen LogP contribution in [-0.2, 0) is 4.74 Å². The molecule has 0 radical (unpaired) electrons. The Morgan fingerprint density at radius 3 is 2.89 bits per heavy atom. The molecule has 1 aromatic carbocycles. The molecule has 4 nitrogen and oxygen atoms in total. The fourth-order valence-electron chi connectivity index (χ4n) is 2.78. The van der Waals surface area contributed by atoms with E-state index in [1.165, 1.54) is 0 Å². The van der Waals surface area contributed by atoms with Gasteiger partial charge in [-0.05, 0) is 19.5 Å². The minimum absolute atomic E-state index is 0.00611. The van der Waals surface area contributed by atoms with E-state index in [1.54, 1.807) is 0 Å². The number of para-hydroxylation sites is 1. The van der Waals surface area contributed by atoms with Crippen LogP contribution in [-0.4, -0.2) is 49.0 Å². The molecule has 0 saturated carbocycles. The number of aliphatic hydroxyl groups excluding tert-OH is 1. The highest BCUT2D eigenvalue weighted by Crippen LogP contribution is 2.34. The predicted octanol–water partition coefficient (Wildman–Crippen LogP) is 1.20. The zero-order valence-electron chi connectivity index (χ0n) is 10.6. The molecule has 0 aromatic heterocycles. The van der Waals surface area contributed by atoms with Crippen molar-refractivity contribution in [3.63, 3.8) is 0 Å². The summed E-state index contributed by atoms with van der Waals surface area (Å²) in [5.41, 5.74) is 0.888. The number of nitrogens with zero attached hydrogens (tertiary/aromatic N) is 1. The highest BCUT2D eigenvalue weighted by atomic mass is 16.5. The summed E-state index contributed by atoms with van der Waals surface area (Å²) in [5.74, 6) is 0.803. The Balaban J connectivity index is 1.79. The van der Waals surface area contributed by atoms with E-state index in [1.807, 2.05) is 31.3 Å². The van der Waals surface area contributed by atoms with Crippen LogP contribution in [0, 0.1) is 0 Å². The van der Waals surface area contributed by atoms with Gasteiger partial charge in [0.2, 0.25) is 0 Å². The molecule has 4 heteroatoms. The molecule has 0 amide bonds. The number of benzene rings is 1. The second-order valence-electron chi connectivity index (χ2n) is 5.04. The predicted molar refractivity (Wildman–Crippen MR) is 67.7 cm³/mol. The van der Waals surface area contributed by atoms with E-state index >= 15 is 0 Å². The van der Waals surface area contributed by atoms with Crippen LogP contribution in [0.25, 0.3) is 0 Å². The lowest BCUT2D eigenvalue weighted by Gasteiger charge is -2.38. The van der Waals surface area contributed by atoms with E-state index in [-0.39, 0.29) is 6.04 Å². The van der Waals surface area contributed by atoms with Gasteiger partial charge >= 0.3 is 0 Å². The Hall–Kier alpha value is -1.10. The van der Waals surface area contributed by atoms with Crippen LogP contribution in [0.5, 0.6) is 5.75 Å². The van der Waals surface area contributed by atoms with Gasteiger partial charge in [0.1, 0.15) is 18.5 Å². The molecular formula is C14H19NO3. The topological polar surface area (TPSA) is 41.9 Å². The lowest BCUT2D eigenvalue weighted by Crippen LogP contribution is -2.48. The quantitative estimate of drug-likeness (QED) is 0.855. The number of aliphatic hydroxyl groups is 1. The summed E-state index contributed by atoms with van der Waals surface area (Å²) in [7, 11) is 2.05. The standard InChI is InChI=1S/C14H19NO3/c1-15(10-6-7-17-8-10)12-9-18-13-5-3-2-4-11(13)14(12)16/h2-5,10,12,14,16H,6-9H2,1H3.